The van der Waals surface area contributed by atoms with Crippen molar-refractivity contribution in [2.24, 2.45) is 5.92 Å². The molecule has 2 heterocycles. The monoisotopic (exact) mass is 451 g/mol. The number of nitro benzene ring substituents is 1. The Morgan fingerprint density at radius 2 is 1.76 bits per heavy atom. The number of likely N-dealkylation sites (tertiary alicyclic amines) is 2. The van der Waals surface area contributed by atoms with Gasteiger partial charge in [0.1, 0.15) is 0 Å². The molecule has 0 aliphatic carbocycles. The summed E-state index contributed by atoms with van der Waals surface area (Å²) in [6.07, 6.45) is 5.43. The fourth-order valence-corrected chi connectivity index (χ4v) is 5.11. The summed E-state index contributed by atoms with van der Waals surface area (Å²) < 4.78 is 0. The van der Waals surface area contributed by atoms with Crippen LogP contribution in [-0.2, 0) is 6.42 Å². The van der Waals surface area contributed by atoms with Crippen LogP contribution in [0, 0.1) is 16.0 Å². The first kappa shape index (κ1) is 23.4. The quantitative estimate of drug-likeness (QED) is 0.486. The molecule has 7 heteroatoms. The number of carbonyl (C=O) groups is 1. The van der Waals surface area contributed by atoms with Crippen LogP contribution in [0.1, 0.15) is 48.0 Å². The molecule has 0 spiro atoms. The van der Waals surface area contributed by atoms with Crippen molar-refractivity contribution in [3.8, 4) is 0 Å². The molecule has 1 atom stereocenters. The van der Waals surface area contributed by atoms with E-state index in [0.29, 0.717) is 18.0 Å². The Bertz CT molecular complexity index is 940. The molecule has 33 heavy (non-hydrogen) atoms. The Morgan fingerprint density at radius 1 is 1.06 bits per heavy atom. The lowest BCUT2D eigenvalue weighted by molar-refractivity contribution is -0.384. The van der Waals surface area contributed by atoms with Crippen LogP contribution in [0.2, 0.25) is 0 Å². The van der Waals surface area contributed by atoms with Gasteiger partial charge in [-0.25, -0.2) is 0 Å². The van der Waals surface area contributed by atoms with Crippen LogP contribution >= 0.6 is 0 Å². The minimum atomic E-state index is -0.557. The van der Waals surface area contributed by atoms with E-state index in [1.165, 1.54) is 29.8 Å². The molecule has 0 radical (unpaired) electrons. The van der Waals surface area contributed by atoms with Crippen LogP contribution in [0.3, 0.4) is 0 Å². The maximum Gasteiger partial charge on any atom is 0.269 e. The molecule has 2 aromatic carbocycles. The van der Waals surface area contributed by atoms with E-state index in [9.17, 15) is 20.0 Å². The average molecular weight is 452 g/mol. The zero-order valence-electron chi connectivity index (χ0n) is 19.1. The number of amides is 1. The van der Waals surface area contributed by atoms with Gasteiger partial charge >= 0.3 is 0 Å². The van der Waals surface area contributed by atoms with Gasteiger partial charge in [-0.2, -0.15) is 0 Å². The Kier molecular flexibility index (Phi) is 7.40. The molecule has 0 bridgehead atoms. The minimum Gasteiger partial charge on any atom is -0.390 e. The van der Waals surface area contributed by atoms with Crippen molar-refractivity contribution in [2.45, 2.75) is 44.1 Å². The molecule has 4 rings (SSSR count). The van der Waals surface area contributed by atoms with Gasteiger partial charge in [-0.1, -0.05) is 30.3 Å². The SMILES string of the molecule is O=C(c1ccc([N+](=O)[O-])cc1)N1CCC(CN2CCC(O)(CCCc3ccccc3)CC2)C1. The van der Waals surface area contributed by atoms with Gasteiger partial charge in [-0.3, -0.25) is 14.9 Å². The molecule has 176 valence electrons. The average Bonchev–Trinajstić information content (AvgIpc) is 3.29. The first-order valence-corrected chi connectivity index (χ1v) is 11.9. The Hall–Kier alpha value is -2.77. The molecular weight excluding hydrogens is 418 g/mol. The second-order valence-corrected chi connectivity index (χ2v) is 9.57. The van der Waals surface area contributed by atoms with Gasteiger partial charge in [0.15, 0.2) is 0 Å². The Labute approximate surface area is 195 Å². The van der Waals surface area contributed by atoms with E-state index in [1.807, 2.05) is 11.0 Å². The van der Waals surface area contributed by atoms with Gasteiger partial charge in [-0.15, -0.1) is 0 Å². The van der Waals surface area contributed by atoms with Crippen molar-refractivity contribution in [1.82, 2.24) is 9.80 Å². The molecular formula is C26H33N3O4. The number of hydrogen-bond acceptors (Lipinski definition) is 5. The van der Waals surface area contributed by atoms with Crippen LogP contribution in [0.25, 0.3) is 0 Å². The number of piperidine rings is 1. The Morgan fingerprint density at radius 3 is 2.42 bits per heavy atom. The predicted molar refractivity (Wildman–Crippen MR) is 127 cm³/mol. The van der Waals surface area contributed by atoms with Crippen LogP contribution in [0.5, 0.6) is 0 Å². The lowest BCUT2D eigenvalue weighted by atomic mass is 9.85. The first-order chi connectivity index (χ1) is 15.9. The molecule has 7 nitrogen and oxygen atoms in total. The highest BCUT2D eigenvalue weighted by Gasteiger charge is 2.34. The van der Waals surface area contributed by atoms with Gasteiger partial charge in [0.2, 0.25) is 0 Å². The lowest BCUT2D eigenvalue weighted by Crippen LogP contribution is -2.46. The number of carbonyl (C=O) groups excluding carboxylic acids is 1. The predicted octanol–water partition coefficient (Wildman–Crippen LogP) is 3.91. The molecule has 2 saturated heterocycles. The molecule has 1 unspecified atom stereocenters. The number of aryl methyl sites for hydroxylation is 1. The van der Waals surface area contributed by atoms with Crippen LogP contribution in [0.15, 0.2) is 54.6 Å². The normalized spacial score (nSPS) is 20.6. The number of non-ortho nitro benzene ring substituents is 1. The minimum absolute atomic E-state index is 0.00373. The van der Waals surface area contributed by atoms with Crippen molar-refractivity contribution < 1.29 is 14.8 Å². The fraction of sp³-hybridized carbons (Fsp3) is 0.500. The van der Waals surface area contributed by atoms with Crippen molar-refractivity contribution >= 4 is 11.6 Å². The first-order valence-electron chi connectivity index (χ1n) is 11.9. The third kappa shape index (κ3) is 6.18. The van der Waals surface area contributed by atoms with Crippen molar-refractivity contribution in [3.63, 3.8) is 0 Å². The zero-order chi connectivity index (χ0) is 23.3. The summed E-state index contributed by atoms with van der Waals surface area (Å²) in [5.74, 6) is 0.370. The highest BCUT2D eigenvalue weighted by Crippen LogP contribution is 2.29. The number of rotatable bonds is 8. The van der Waals surface area contributed by atoms with Gasteiger partial charge in [-0.05, 0) is 62.1 Å². The van der Waals surface area contributed by atoms with Gasteiger partial charge in [0.05, 0.1) is 10.5 Å². The van der Waals surface area contributed by atoms with E-state index < -0.39 is 10.5 Å². The third-order valence-corrected chi connectivity index (χ3v) is 7.15. The molecule has 1 N–H and O–H groups in total. The maximum absolute atomic E-state index is 12.8. The second-order valence-electron chi connectivity index (χ2n) is 9.57. The number of nitrogens with zero attached hydrogens (tertiary/aromatic N) is 3. The fourth-order valence-electron chi connectivity index (χ4n) is 5.11. The van der Waals surface area contributed by atoms with Crippen LogP contribution in [0.4, 0.5) is 5.69 Å². The third-order valence-electron chi connectivity index (χ3n) is 7.15. The van der Waals surface area contributed by atoms with Crippen LogP contribution < -0.4 is 0 Å². The smallest absolute Gasteiger partial charge is 0.269 e. The summed E-state index contributed by atoms with van der Waals surface area (Å²) in [6.45, 7) is 4.18. The summed E-state index contributed by atoms with van der Waals surface area (Å²) in [5, 5.41) is 21.8. The molecule has 0 aromatic heterocycles. The van der Waals surface area contributed by atoms with E-state index in [4.69, 9.17) is 0 Å². The number of benzene rings is 2. The number of nitro groups is 1. The number of hydrogen-bond donors (Lipinski definition) is 1. The summed E-state index contributed by atoms with van der Waals surface area (Å²) in [5.41, 5.74) is 1.27. The van der Waals surface area contributed by atoms with E-state index in [0.717, 1.165) is 64.7 Å². The molecule has 1 amide bonds. The van der Waals surface area contributed by atoms with Crippen LogP contribution in [-0.4, -0.2) is 64.1 Å². The van der Waals surface area contributed by atoms with E-state index in [2.05, 4.69) is 29.2 Å². The van der Waals surface area contributed by atoms with Gasteiger partial charge in [0, 0.05) is 50.4 Å². The second kappa shape index (κ2) is 10.4. The van der Waals surface area contributed by atoms with E-state index >= 15 is 0 Å². The Balaban J connectivity index is 1.19. The molecule has 2 aromatic rings. The largest absolute Gasteiger partial charge is 0.390 e. The molecule has 2 fully saturated rings. The lowest BCUT2D eigenvalue weighted by Gasteiger charge is -2.39. The summed E-state index contributed by atoms with van der Waals surface area (Å²) in [6, 6.07) is 16.3. The van der Waals surface area contributed by atoms with E-state index in [1.54, 1.807) is 0 Å². The highest BCUT2D eigenvalue weighted by molar-refractivity contribution is 5.94. The van der Waals surface area contributed by atoms with Crippen molar-refractivity contribution in [3.05, 3.63) is 75.8 Å². The van der Waals surface area contributed by atoms with Crippen molar-refractivity contribution in [1.29, 1.82) is 0 Å². The zero-order valence-corrected chi connectivity index (χ0v) is 19.1. The summed E-state index contributed by atoms with van der Waals surface area (Å²) in [7, 11) is 0. The maximum atomic E-state index is 12.8. The van der Waals surface area contributed by atoms with Crippen molar-refractivity contribution in [2.75, 3.05) is 32.7 Å². The topological polar surface area (TPSA) is 86.9 Å². The summed E-state index contributed by atoms with van der Waals surface area (Å²) in [4.78, 5) is 27.4. The summed E-state index contributed by atoms with van der Waals surface area (Å²) >= 11 is 0. The number of aliphatic hydroxyl groups is 1. The van der Waals surface area contributed by atoms with Gasteiger partial charge in [0.25, 0.3) is 11.6 Å². The standard InChI is InChI=1S/C26H33N3O4/c30-25(23-8-10-24(11-9-23)29(32)33)28-16-12-22(20-28)19-27-17-14-26(31,15-18-27)13-4-7-21-5-2-1-3-6-21/h1-3,5-6,8-11,22,31H,4,7,12-20H2. The molecule has 2 aliphatic rings. The van der Waals surface area contributed by atoms with E-state index in [-0.39, 0.29) is 11.6 Å². The highest BCUT2D eigenvalue weighted by atomic mass is 16.6. The molecule has 0 saturated carbocycles. The molecule has 2 aliphatic heterocycles. The van der Waals surface area contributed by atoms with Gasteiger partial charge < -0.3 is 14.9 Å².